The number of nitrogens with one attached hydrogen (secondary N) is 1. The molecule has 1 aromatic heterocycles. The molecule has 1 saturated heterocycles. The van der Waals surface area contributed by atoms with E-state index in [4.69, 9.17) is 4.74 Å². The topological polar surface area (TPSA) is 39.1 Å². The van der Waals surface area contributed by atoms with Crippen LogP contribution in [0, 0.1) is 18.8 Å². The number of aromatic nitrogens is 2. The fourth-order valence-corrected chi connectivity index (χ4v) is 2.85. The molecule has 108 valence electrons. The van der Waals surface area contributed by atoms with E-state index in [2.05, 4.69) is 37.4 Å². The number of ether oxygens (including phenoxy) is 1. The predicted octanol–water partition coefficient (Wildman–Crippen LogP) is 2.44. The van der Waals surface area contributed by atoms with Crippen LogP contribution in [0.2, 0.25) is 0 Å². The Bertz CT molecular complexity index is 400. The molecule has 2 unspecified atom stereocenters. The Morgan fingerprint density at radius 2 is 2.32 bits per heavy atom. The smallest absolute Gasteiger partial charge is 0.0898 e. The molecule has 2 rings (SSSR count). The van der Waals surface area contributed by atoms with E-state index < -0.39 is 0 Å². The number of hydrogen-bond acceptors (Lipinski definition) is 3. The molecule has 4 nitrogen and oxygen atoms in total. The lowest BCUT2D eigenvalue weighted by Gasteiger charge is -2.32. The molecule has 0 saturated carbocycles. The van der Waals surface area contributed by atoms with Crippen molar-refractivity contribution in [2.24, 2.45) is 18.9 Å². The highest BCUT2D eigenvalue weighted by molar-refractivity contribution is 5.20. The van der Waals surface area contributed by atoms with Crippen LogP contribution in [0.5, 0.6) is 0 Å². The summed E-state index contributed by atoms with van der Waals surface area (Å²) in [5.41, 5.74) is 2.36. The minimum absolute atomic E-state index is 0.210. The van der Waals surface area contributed by atoms with Crippen molar-refractivity contribution in [1.82, 2.24) is 15.1 Å². The summed E-state index contributed by atoms with van der Waals surface area (Å²) in [6.45, 7) is 9.55. The van der Waals surface area contributed by atoms with Crippen LogP contribution in [-0.2, 0) is 11.8 Å². The lowest BCUT2D eigenvalue weighted by Crippen LogP contribution is -2.33. The van der Waals surface area contributed by atoms with Gasteiger partial charge in [-0.15, -0.1) is 0 Å². The maximum Gasteiger partial charge on any atom is 0.0898 e. The normalized spacial score (nSPS) is 24.1. The molecule has 0 spiro atoms. The van der Waals surface area contributed by atoms with E-state index in [0.717, 1.165) is 25.4 Å². The molecule has 0 bridgehead atoms. The van der Waals surface area contributed by atoms with Crippen molar-refractivity contribution in [2.45, 2.75) is 39.7 Å². The van der Waals surface area contributed by atoms with Crippen molar-refractivity contribution >= 4 is 0 Å². The number of rotatable bonds is 5. The van der Waals surface area contributed by atoms with Gasteiger partial charge in [0.15, 0.2) is 0 Å². The molecule has 4 heteroatoms. The maximum atomic E-state index is 6.03. The summed E-state index contributed by atoms with van der Waals surface area (Å²) >= 11 is 0. The first-order valence-corrected chi connectivity index (χ1v) is 7.40. The van der Waals surface area contributed by atoms with Crippen molar-refractivity contribution in [3.8, 4) is 0 Å². The Morgan fingerprint density at radius 1 is 1.53 bits per heavy atom. The van der Waals surface area contributed by atoms with E-state index in [1.165, 1.54) is 18.4 Å². The Kier molecular flexibility index (Phi) is 4.99. The molecule has 2 heterocycles. The van der Waals surface area contributed by atoms with Gasteiger partial charge in [0, 0.05) is 37.9 Å². The van der Waals surface area contributed by atoms with Gasteiger partial charge in [-0.05, 0) is 32.2 Å². The zero-order valence-corrected chi connectivity index (χ0v) is 12.6. The summed E-state index contributed by atoms with van der Waals surface area (Å²) in [5.74, 6) is 1.26. The van der Waals surface area contributed by atoms with Crippen LogP contribution in [0.3, 0.4) is 0 Å². The first-order chi connectivity index (χ1) is 9.08. The van der Waals surface area contributed by atoms with Gasteiger partial charge in [-0.25, -0.2) is 0 Å². The third-order valence-electron chi connectivity index (χ3n) is 3.76. The average Bonchev–Trinajstić information content (AvgIpc) is 2.68. The predicted molar refractivity (Wildman–Crippen MR) is 77.1 cm³/mol. The Morgan fingerprint density at radius 3 is 2.95 bits per heavy atom. The molecule has 2 atom stereocenters. The molecule has 1 aliphatic heterocycles. The highest BCUT2D eigenvalue weighted by Crippen LogP contribution is 2.34. The fraction of sp³-hybridized carbons (Fsp3) is 0.800. The van der Waals surface area contributed by atoms with E-state index in [-0.39, 0.29) is 6.10 Å². The van der Waals surface area contributed by atoms with Gasteiger partial charge in [0.1, 0.15) is 0 Å². The molecule has 1 aromatic rings. The zero-order chi connectivity index (χ0) is 13.8. The van der Waals surface area contributed by atoms with Gasteiger partial charge in [0.05, 0.1) is 11.8 Å². The second kappa shape index (κ2) is 6.53. The first-order valence-electron chi connectivity index (χ1n) is 7.40. The summed E-state index contributed by atoms with van der Waals surface area (Å²) < 4.78 is 7.93. The van der Waals surface area contributed by atoms with Crippen molar-refractivity contribution < 1.29 is 4.74 Å². The quantitative estimate of drug-likeness (QED) is 0.889. The number of nitrogens with zero attached hydrogens (tertiary/aromatic N) is 2. The summed E-state index contributed by atoms with van der Waals surface area (Å²) in [6, 6.07) is 0. The van der Waals surface area contributed by atoms with Gasteiger partial charge in [-0.3, -0.25) is 4.68 Å². The largest absolute Gasteiger partial charge is 0.373 e. The molecule has 0 aromatic carbocycles. The van der Waals surface area contributed by atoms with Crippen LogP contribution in [0.15, 0.2) is 6.20 Å². The third kappa shape index (κ3) is 3.80. The fourth-order valence-electron chi connectivity index (χ4n) is 2.85. The molecule has 0 amide bonds. The minimum Gasteiger partial charge on any atom is -0.373 e. The first kappa shape index (κ1) is 14.5. The Balaban J connectivity index is 2.01. The minimum atomic E-state index is 0.210. The van der Waals surface area contributed by atoms with E-state index in [1.54, 1.807) is 0 Å². The van der Waals surface area contributed by atoms with Crippen LogP contribution in [-0.4, -0.2) is 29.5 Å². The van der Waals surface area contributed by atoms with Gasteiger partial charge in [0.2, 0.25) is 0 Å². The van der Waals surface area contributed by atoms with Gasteiger partial charge >= 0.3 is 0 Å². The van der Waals surface area contributed by atoms with Crippen LogP contribution < -0.4 is 5.32 Å². The summed E-state index contributed by atoms with van der Waals surface area (Å²) in [6.07, 6.45) is 4.73. The molecule has 1 fully saturated rings. The van der Waals surface area contributed by atoms with E-state index in [9.17, 15) is 0 Å². The number of aryl methyl sites for hydroxylation is 2. The lowest BCUT2D eigenvalue weighted by molar-refractivity contribution is -0.0282. The van der Waals surface area contributed by atoms with Gasteiger partial charge in [-0.2, -0.15) is 5.10 Å². The standard InChI is InChI=1S/C15H27N3O/c1-11(2)8-16-9-13-6-5-7-19-15(13)14-10-18(4)17-12(14)3/h10-11,13,15-16H,5-9H2,1-4H3. The van der Waals surface area contributed by atoms with Crippen LogP contribution in [0.4, 0.5) is 0 Å². The van der Waals surface area contributed by atoms with E-state index >= 15 is 0 Å². The summed E-state index contributed by atoms with van der Waals surface area (Å²) in [4.78, 5) is 0. The Labute approximate surface area is 116 Å². The molecule has 0 radical (unpaired) electrons. The van der Waals surface area contributed by atoms with Crippen LogP contribution >= 0.6 is 0 Å². The van der Waals surface area contributed by atoms with Gasteiger partial charge in [0.25, 0.3) is 0 Å². The second-order valence-electron chi connectivity index (χ2n) is 6.09. The van der Waals surface area contributed by atoms with Crippen molar-refractivity contribution in [1.29, 1.82) is 0 Å². The summed E-state index contributed by atoms with van der Waals surface area (Å²) in [5, 5.41) is 8.02. The van der Waals surface area contributed by atoms with E-state index in [0.29, 0.717) is 11.8 Å². The van der Waals surface area contributed by atoms with Crippen molar-refractivity contribution in [3.63, 3.8) is 0 Å². The van der Waals surface area contributed by atoms with Gasteiger partial charge in [-0.1, -0.05) is 13.8 Å². The Hall–Kier alpha value is -0.870. The monoisotopic (exact) mass is 265 g/mol. The summed E-state index contributed by atoms with van der Waals surface area (Å²) in [7, 11) is 1.98. The zero-order valence-electron chi connectivity index (χ0n) is 12.6. The third-order valence-corrected chi connectivity index (χ3v) is 3.76. The van der Waals surface area contributed by atoms with Crippen molar-refractivity contribution in [3.05, 3.63) is 17.5 Å². The highest BCUT2D eigenvalue weighted by Gasteiger charge is 2.29. The van der Waals surface area contributed by atoms with Crippen LogP contribution in [0.1, 0.15) is 44.1 Å². The highest BCUT2D eigenvalue weighted by atomic mass is 16.5. The number of hydrogen-bond donors (Lipinski definition) is 1. The van der Waals surface area contributed by atoms with E-state index in [1.807, 2.05) is 11.7 Å². The van der Waals surface area contributed by atoms with Crippen molar-refractivity contribution in [2.75, 3.05) is 19.7 Å². The molecule has 0 aliphatic carbocycles. The SMILES string of the molecule is Cc1nn(C)cc1C1OCCCC1CNCC(C)C. The molecular weight excluding hydrogens is 238 g/mol. The average molecular weight is 265 g/mol. The second-order valence-corrected chi connectivity index (χ2v) is 6.09. The lowest BCUT2D eigenvalue weighted by atomic mass is 9.89. The molecule has 1 aliphatic rings. The van der Waals surface area contributed by atoms with Crippen LogP contribution in [0.25, 0.3) is 0 Å². The molecule has 1 N–H and O–H groups in total. The molecule has 19 heavy (non-hydrogen) atoms. The van der Waals surface area contributed by atoms with Gasteiger partial charge < -0.3 is 10.1 Å². The maximum absolute atomic E-state index is 6.03. The molecular formula is C15H27N3O.